The maximum Gasteiger partial charge on any atom is 0.319 e. The average Bonchev–Trinajstić information content (AvgIpc) is 2.43. The van der Waals surface area contributed by atoms with Crippen LogP contribution >= 0.6 is 0 Å². The number of allylic oxidation sites excluding steroid dienone is 5. The molecule has 0 fully saturated rings. The van der Waals surface area contributed by atoms with Gasteiger partial charge in [0.25, 0.3) is 0 Å². The van der Waals surface area contributed by atoms with Gasteiger partial charge < -0.3 is 10.6 Å². The molecule has 0 radical (unpaired) electrons. The van der Waals surface area contributed by atoms with Crippen LogP contribution in [0.1, 0.15) is 6.92 Å². The minimum absolute atomic E-state index is 0.0461. The SMILES string of the molecule is C/C=C/NC(=O)NC1C=CC=CC=C1. The van der Waals surface area contributed by atoms with Gasteiger partial charge in [-0.25, -0.2) is 4.79 Å². The average molecular weight is 190 g/mol. The molecule has 0 atom stereocenters. The van der Waals surface area contributed by atoms with E-state index in [1.807, 2.05) is 43.4 Å². The molecule has 0 aliphatic heterocycles. The summed E-state index contributed by atoms with van der Waals surface area (Å²) in [6.07, 6.45) is 14.8. The Morgan fingerprint density at radius 2 is 1.86 bits per heavy atom. The van der Waals surface area contributed by atoms with E-state index in [0.29, 0.717) is 0 Å². The van der Waals surface area contributed by atoms with Crippen molar-refractivity contribution in [3.8, 4) is 0 Å². The molecule has 0 aromatic heterocycles. The Morgan fingerprint density at radius 3 is 2.43 bits per heavy atom. The second-order valence-corrected chi connectivity index (χ2v) is 2.80. The van der Waals surface area contributed by atoms with Crippen molar-refractivity contribution in [2.45, 2.75) is 13.0 Å². The number of urea groups is 1. The summed E-state index contributed by atoms with van der Waals surface area (Å²) in [5, 5.41) is 5.36. The van der Waals surface area contributed by atoms with E-state index in [1.54, 1.807) is 12.3 Å². The standard InChI is InChI=1S/C11H14N2O/c1-2-9-12-11(14)13-10-7-5-3-4-6-8-10/h2-10H,1H3,(H2,12,13,14)/b9-2+. The van der Waals surface area contributed by atoms with Crippen molar-refractivity contribution in [3.63, 3.8) is 0 Å². The monoisotopic (exact) mass is 190 g/mol. The van der Waals surface area contributed by atoms with Crippen molar-refractivity contribution >= 4 is 6.03 Å². The first-order valence-corrected chi connectivity index (χ1v) is 4.53. The highest BCUT2D eigenvalue weighted by Crippen LogP contribution is 1.96. The zero-order chi connectivity index (χ0) is 10.2. The van der Waals surface area contributed by atoms with E-state index in [4.69, 9.17) is 0 Å². The molecule has 14 heavy (non-hydrogen) atoms. The summed E-state index contributed by atoms with van der Waals surface area (Å²) in [5.41, 5.74) is 0. The molecule has 2 N–H and O–H groups in total. The van der Waals surface area contributed by atoms with E-state index in [-0.39, 0.29) is 12.1 Å². The maximum absolute atomic E-state index is 11.2. The van der Waals surface area contributed by atoms with Gasteiger partial charge in [-0.2, -0.15) is 0 Å². The third kappa shape index (κ3) is 3.76. The van der Waals surface area contributed by atoms with E-state index in [2.05, 4.69) is 10.6 Å². The third-order valence-electron chi connectivity index (χ3n) is 1.65. The minimum Gasteiger partial charge on any atom is -0.328 e. The fourth-order valence-electron chi connectivity index (χ4n) is 1.01. The summed E-state index contributed by atoms with van der Waals surface area (Å²) in [6.45, 7) is 1.84. The van der Waals surface area contributed by atoms with E-state index in [0.717, 1.165) is 0 Å². The highest BCUT2D eigenvalue weighted by Gasteiger charge is 2.03. The summed E-state index contributed by atoms with van der Waals surface area (Å²) in [6, 6.07) is -0.250. The zero-order valence-electron chi connectivity index (χ0n) is 8.10. The summed E-state index contributed by atoms with van der Waals surface area (Å²) < 4.78 is 0. The van der Waals surface area contributed by atoms with E-state index in [9.17, 15) is 4.79 Å². The van der Waals surface area contributed by atoms with Crippen LogP contribution in [-0.2, 0) is 0 Å². The number of amides is 2. The molecular weight excluding hydrogens is 176 g/mol. The number of nitrogens with one attached hydrogen (secondary N) is 2. The van der Waals surface area contributed by atoms with Crippen molar-refractivity contribution in [3.05, 3.63) is 48.7 Å². The van der Waals surface area contributed by atoms with Gasteiger partial charge in [0.15, 0.2) is 0 Å². The first kappa shape index (κ1) is 10.3. The second-order valence-electron chi connectivity index (χ2n) is 2.80. The Labute approximate surface area is 83.9 Å². The molecule has 0 saturated carbocycles. The van der Waals surface area contributed by atoms with E-state index in [1.165, 1.54) is 0 Å². The molecule has 0 unspecified atom stereocenters. The van der Waals surface area contributed by atoms with Gasteiger partial charge in [0, 0.05) is 6.20 Å². The van der Waals surface area contributed by atoms with Gasteiger partial charge in [-0.1, -0.05) is 42.5 Å². The Hall–Kier alpha value is -1.77. The quantitative estimate of drug-likeness (QED) is 0.685. The van der Waals surface area contributed by atoms with Crippen LogP contribution in [0, 0.1) is 0 Å². The lowest BCUT2D eigenvalue weighted by Gasteiger charge is -2.09. The van der Waals surface area contributed by atoms with Crippen molar-refractivity contribution in [1.82, 2.24) is 10.6 Å². The molecule has 0 saturated heterocycles. The molecule has 74 valence electrons. The largest absolute Gasteiger partial charge is 0.328 e. The van der Waals surface area contributed by atoms with Crippen molar-refractivity contribution in [2.24, 2.45) is 0 Å². The molecule has 0 aromatic rings. The van der Waals surface area contributed by atoms with Crippen LogP contribution in [-0.4, -0.2) is 12.1 Å². The van der Waals surface area contributed by atoms with Gasteiger partial charge in [0.2, 0.25) is 0 Å². The van der Waals surface area contributed by atoms with Crippen LogP contribution < -0.4 is 10.6 Å². The predicted molar refractivity (Wildman–Crippen MR) is 57.7 cm³/mol. The molecule has 0 bridgehead atoms. The molecule has 3 nitrogen and oxygen atoms in total. The molecule has 0 aromatic carbocycles. The first-order valence-electron chi connectivity index (χ1n) is 4.53. The number of carbonyl (C=O) groups excluding carboxylic acids is 1. The lowest BCUT2D eigenvalue weighted by atomic mass is 10.2. The van der Waals surface area contributed by atoms with Gasteiger partial charge in [-0.3, -0.25) is 0 Å². The summed E-state index contributed by atoms with van der Waals surface area (Å²) >= 11 is 0. The molecule has 1 aliphatic rings. The molecule has 2 amide bonds. The Balaban J connectivity index is 2.40. The molecule has 0 spiro atoms. The first-order chi connectivity index (χ1) is 6.83. The van der Waals surface area contributed by atoms with Crippen LogP contribution in [0.4, 0.5) is 4.79 Å². The Bertz CT molecular complexity index is 284. The Kier molecular flexibility index (Phi) is 4.27. The number of carbonyl (C=O) groups is 1. The van der Waals surface area contributed by atoms with Crippen LogP contribution in [0.3, 0.4) is 0 Å². The number of rotatable bonds is 2. The Morgan fingerprint density at radius 1 is 1.21 bits per heavy atom. The van der Waals surface area contributed by atoms with Crippen molar-refractivity contribution in [1.29, 1.82) is 0 Å². The normalized spacial score (nSPS) is 15.8. The van der Waals surface area contributed by atoms with Crippen LogP contribution in [0.5, 0.6) is 0 Å². The maximum atomic E-state index is 11.2. The lowest BCUT2D eigenvalue weighted by Crippen LogP contribution is -2.38. The number of hydrogen-bond donors (Lipinski definition) is 2. The van der Waals surface area contributed by atoms with Gasteiger partial charge in [-0.05, 0) is 6.92 Å². The number of hydrogen-bond acceptors (Lipinski definition) is 1. The summed E-state index contributed by atoms with van der Waals surface area (Å²) in [4.78, 5) is 11.2. The molecule has 0 heterocycles. The lowest BCUT2D eigenvalue weighted by molar-refractivity contribution is 0.243. The highest BCUT2D eigenvalue weighted by atomic mass is 16.2. The summed E-state index contributed by atoms with van der Waals surface area (Å²) in [5.74, 6) is 0. The van der Waals surface area contributed by atoms with Gasteiger partial charge in [0.1, 0.15) is 0 Å². The zero-order valence-corrected chi connectivity index (χ0v) is 8.10. The van der Waals surface area contributed by atoms with Crippen LogP contribution in [0.2, 0.25) is 0 Å². The van der Waals surface area contributed by atoms with Gasteiger partial charge in [-0.15, -0.1) is 0 Å². The van der Waals surface area contributed by atoms with Crippen LogP contribution in [0.15, 0.2) is 48.7 Å². The molecule has 1 aliphatic carbocycles. The molecule has 1 rings (SSSR count). The minimum atomic E-state index is -0.204. The van der Waals surface area contributed by atoms with E-state index < -0.39 is 0 Å². The van der Waals surface area contributed by atoms with E-state index >= 15 is 0 Å². The van der Waals surface area contributed by atoms with Crippen LogP contribution in [0.25, 0.3) is 0 Å². The molecular formula is C11H14N2O. The second kappa shape index (κ2) is 5.80. The van der Waals surface area contributed by atoms with Gasteiger partial charge >= 0.3 is 6.03 Å². The predicted octanol–water partition coefficient (Wildman–Crippen LogP) is 1.87. The highest BCUT2D eigenvalue weighted by molar-refractivity contribution is 5.75. The topological polar surface area (TPSA) is 41.1 Å². The van der Waals surface area contributed by atoms with Crippen molar-refractivity contribution in [2.75, 3.05) is 0 Å². The fraction of sp³-hybridized carbons (Fsp3) is 0.182. The summed E-state index contributed by atoms with van der Waals surface area (Å²) in [7, 11) is 0. The third-order valence-corrected chi connectivity index (χ3v) is 1.65. The fourth-order valence-corrected chi connectivity index (χ4v) is 1.01. The smallest absolute Gasteiger partial charge is 0.319 e. The van der Waals surface area contributed by atoms with Gasteiger partial charge in [0.05, 0.1) is 6.04 Å². The van der Waals surface area contributed by atoms with Crippen molar-refractivity contribution < 1.29 is 4.79 Å². The molecule has 3 heteroatoms.